The Morgan fingerprint density at radius 2 is 1.50 bits per heavy atom. The molecular weight excluding hydrogens is 340 g/mol. The summed E-state index contributed by atoms with van der Waals surface area (Å²) in [7, 11) is 5.62. The lowest BCUT2D eigenvalue weighted by molar-refractivity contribution is 0.104. The summed E-state index contributed by atoms with van der Waals surface area (Å²) in [5, 5.41) is 20.0. The minimum atomic E-state index is -0.504. The third-order valence-electron chi connectivity index (χ3n) is 3.69. The molecule has 0 aliphatic rings. The zero-order chi connectivity index (χ0) is 19.3. The fourth-order valence-electron chi connectivity index (χ4n) is 2.45. The smallest absolute Gasteiger partial charge is 0.204 e. The number of aromatic hydroxyl groups is 2. The number of carbonyl (C=O) groups is 1. The van der Waals surface area contributed by atoms with Crippen LogP contribution in [-0.2, 0) is 0 Å². The molecule has 7 heteroatoms. The lowest BCUT2D eigenvalue weighted by Crippen LogP contribution is -2.03. The maximum atomic E-state index is 12.6. The first kappa shape index (κ1) is 19.0. The van der Waals surface area contributed by atoms with Gasteiger partial charge < -0.3 is 29.2 Å². The Kier molecular flexibility index (Phi) is 5.95. The van der Waals surface area contributed by atoms with E-state index in [4.69, 9.17) is 18.9 Å². The minimum absolute atomic E-state index is 0.0476. The summed E-state index contributed by atoms with van der Waals surface area (Å²) in [6, 6.07) is 5.98. The highest BCUT2D eigenvalue weighted by molar-refractivity contribution is 6.11. The van der Waals surface area contributed by atoms with Crippen LogP contribution >= 0.6 is 0 Å². The molecule has 0 radical (unpaired) electrons. The van der Waals surface area contributed by atoms with Crippen molar-refractivity contribution in [1.82, 2.24) is 0 Å². The lowest BCUT2D eigenvalue weighted by Gasteiger charge is -2.15. The quantitative estimate of drug-likeness (QED) is 0.579. The van der Waals surface area contributed by atoms with E-state index < -0.39 is 5.78 Å². The van der Waals surface area contributed by atoms with Gasteiger partial charge in [-0.3, -0.25) is 4.79 Å². The van der Waals surface area contributed by atoms with Crippen molar-refractivity contribution in [2.75, 3.05) is 28.4 Å². The molecule has 0 bridgehead atoms. The van der Waals surface area contributed by atoms with E-state index in [1.54, 1.807) is 12.1 Å². The SMILES string of the molecule is COc1ccc(C=CC(=O)c2c(O)cc(OC)c(OC)c2OC)cc1O. The zero-order valence-electron chi connectivity index (χ0n) is 14.9. The predicted molar refractivity (Wildman–Crippen MR) is 95.8 cm³/mol. The van der Waals surface area contributed by atoms with Gasteiger partial charge in [0.25, 0.3) is 0 Å². The molecule has 0 atom stereocenters. The molecule has 0 heterocycles. The molecule has 0 spiro atoms. The van der Waals surface area contributed by atoms with Crippen molar-refractivity contribution in [3.05, 3.63) is 41.5 Å². The van der Waals surface area contributed by atoms with E-state index >= 15 is 0 Å². The van der Waals surface area contributed by atoms with E-state index in [9.17, 15) is 15.0 Å². The number of carbonyl (C=O) groups excluding carboxylic acids is 1. The summed E-state index contributed by atoms with van der Waals surface area (Å²) in [5.74, 6) is -0.0191. The van der Waals surface area contributed by atoms with E-state index in [0.717, 1.165) is 0 Å². The van der Waals surface area contributed by atoms with Gasteiger partial charge in [-0.25, -0.2) is 0 Å². The molecule has 0 amide bonds. The van der Waals surface area contributed by atoms with Gasteiger partial charge in [-0.2, -0.15) is 0 Å². The van der Waals surface area contributed by atoms with Crippen LogP contribution in [0.25, 0.3) is 6.08 Å². The van der Waals surface area contributed by atoms with Crippen molar-refractivity contribution < 1.29 is 34.0 Å². The van der Waals surface area contributed by atoms with E-state index in [-0.39, 0.29) is 34.3 Å². The number of phenolic OH excluding ortho intramolecular Hbond substituents is 2. The van der Waals surface area contributed by atoms with Crippen molar-refractivity contribution in [3.63, 3.8) is 0 Å². The third-order valence-corrected chi connectivity index (χ3v) is 3.69. The molecule has 0 fully saturated rings. The molecule has 2 N–H and O–H groups in total. The van der Waals surface area contributed by atoms with Crippen LogP contribution in [0.3, 0.4) is 0 Å². The average Bonchev–Trinajstić information content (AvgIpc) is 2.64. The Bertz CT molecular complexity index is 840. The van der Waals surface area contributed by atoms with Gasteiger partial charge in [0, 0.05) is 6.07 Å². The molecule has 7 nitrogen and oxygen atoms in total. The number of benzene rings is 2. The molecule has 2 aromatic rings. The summed E-state index contributed by atoms with van der Waals surface area (Å²) in [6.45, 7) is 0. The number of ether oxygens (including phenoxy) is 4. The van der Waals surface area contributed by atoms with Crippen LogP contribution in [-0.4, -0.2) is 44.4 Å². The molecule has 0 aromatic heterocycles. The maximum Gasteiger partial charge on any atom is 0.204 e. The standard InChI is InChI=1S/C19H20O7/c1-23-15-8-6-11(9-13(15)21)5-7-12(20)17-14(22)10-16(24-2)18(25-3)19(17)26-4/h5-10,21-22H,1-4H3. The molecule has 0 aliphatic carbocycles. The van der Waals surface area contributed by atoms with E-state index in [1.165, 1.54) is 52.7 Å². The van der Waals surface area contributed by atoms with Gasteiger partial charge in [0.2, 0.25) is 5.75 Å². The van der Waals surface area contributed by atoms with Crippen LogP contribution in [0.2, 0.25) is 0 Å². The van der Waals surface area contributed by atoms with Gasteiger partial charge in [0.05, 0.1) is 28.4 Å². The first-order valence-corrected chi connectivity index (χ1v) is 7.58. The largest absolute Gasteiger partial charge is 0.507 e. The highest BCUT2D eigenvalue weighted by Crippen LogP contribution is 2.45. The van der Waals surface area contributed by atoms with Crippen LogP contribution in [0.15, 0.2) is 30.3 Å². The van der Waals surface area contributed by atoms with Crippen LogP contribution in [0.5, 0.6) is 34.5 Å². The van der Waals surface area contributed by atoms with Crippen molar-refractivity contribution in [1.29, 1.82) is 0 Å². The molecule has 26 heavy (non-hydrogen) atoms. The number of ketones is 1. The van der Waals surface area contributed by atoms with Crippen LogP contribution in [0, 0.1) is 0 Å². The highest BCUT2D eigenvalue weighted by atomic mass is 16.5. The summed E-state index contributed by atoms with van der Waals surface area (Å²) >= 11 is 0. The summed E-state index contributed by atoms with van der Waals surface area (Å²) < 4.78 is 20.6. The van der Waals surface area contributed by atoms with Gasteiger partial charge in [0.1, 0.15) is 11.3 Å². The first-order valence-electron chi connectivity index (χ1n) is 7.58. The van der Waals surface area contributed by atoms with Crippen molar-refractivity contribution in [3.8, 4) is 34.5 Å². The molecule has 0 saturated carbocycles. The topological polar surface area (TPSA) is 94.5 Å². The monoisotopic (exact) mass is 360 g/mol. The van der Waals surface area contributed by atoms with Crippen molar-refractivity contribution >= 4 is 11.9 Å². The number of methoxy groups -OCH3 is 4. The number of allylic oxidation sites excluding steroid dienone is 1. The summed E-state index contributed by atoms with van der Waals surface area (Å²) in [5.41, 5.74) is 0.523. The fraction of sp³-hybridized carbons (Fsp3) is 0.211. The third kappa shape index (κ3) is 3.66. The van der Waals surface area contributed by atoms with Crippen LogP contribution in [0.4, 0.5) is 0 Å². The Balaban J connectivity index is 2.42. The van der Waals surface area contributed by atoms with E-state index in [0.29, 0.717) is 11.3 Å². The van der Waals surface area contributed by atoms with Gasteiger partial charge in [-0.1, -0.05) is 12.1 Å². The van der Waals surface area contributed by atoms with Gasteiger partial charge in [0.15, 0.2) is 28.8 Å². The van der Waals surface area contributed by atoms with Crippen molar-refractivity contribution in [2.24, 2.45) is 0 Å². The number of hydrogen-bond donors (Lipinski definition) is 2. The van der Waals surface area contributed by atoms with Crippen LogP contribution < -0.4 is 18.9 Å². The number of phenols is 2. The van der Waals surface area contributed by atoms with Gasteiger partial charge in [-0.15, -0.1) is 0 Å². The van der Waals surface area contributed by atoms with Gasteiger partial charge in [-0.05, 0) is 23.8 Å². The Hall–Kier alpha value is -3.35. The summed E-state index contributed by atoms with van der Waals surface area (Å²) in [4.78, 5) is 12.6. The van der Waals surface area contributed by atoms with Crippen molar-refractivity contribution in [2.45, 2.75) is 0 Å². The predicted octanol–water partition coefficient (Wildman–Crippen LogP) is 3.03. The Labute approximate surface area is 151 Å². The second-order valence-corrected chi connectivity index (χ2v) is 5.17. The second kappa shape index (κ2) is 8.15. The van der Waals surface area contributed by atoms with E-state index in [2.05, 4.69) is 0 Å². The molecule has 0 aliphatic heterocycles. The average molecular weight is 360 g/mol. The summed E-state index contributed by atoms with van der Waals surface area (Å²) in [6.07, 6.45) is 2.75. The van der Waals surface area contributed by atoms with Gasteiger partial charge >= 0.3 is 0 Å². The number of rotatable bonds is 7. The second-order valence-electron chi connectivity index (χ2n) is 5.17. The molecule has 0 unspecified atom stereocenters. The lowest BCUT2D eigenvalue weighted by atomic mass is 10.0. The molecule has 138 valence electrons. The molecule has 2 aromatic carbocycles. The van der Waals surface area contributed by atoms with E-state index in [1.807, 2.05) is 0 Å². The molecule has 0 saturated heterocycles. The highest BCUT2D eigenvalue weighted by Gasteiger charge is 2.24. The van der Waals surface area contributed by atoms with Crippen LogP contribution in [0.1, 0.15) is 15.9 Å². The fourth-order valence-corrected chi connectivity index (χ4v) is 2.45. The molecule has 2 rings (SSSR count). The zero-order valence-corrected chi connectivity index (χ0v) is 14.9. The Morgan fingerprint density at radius 3 is 2.04 bits per heavy atom. The Morgan fingerprint density at radius 1 is 0.846 bits per heavy atom. The minimum Gasteiger partial charge on any atom is -0.507 e. The molecular formula is C19H20O7. The normalized spacial score (nSPS) is 10.6. The number of hydrogen-bond acceptors (Lipinski definition) is 7. The maximum absolute atomic E-state index is 12.6. The first-order chi connectivity index (χ1) is 12.5.